The number of ether oxygens (including phenoxy) is 2. The molecule has 0 aliphatic rings. The van der Waals surface area contributed by atoms with Crippen LogP contribution in [-0.4, -0.2) is 64.6 Å². The van der Waals surface area contributed by atoms with Crippen molar-refractivity contribution < 1.29 is 9.47 Å². The highest BCUT2D eigenvalue weighted by atomic mass is 16.5. The third-order valence-electron chi connectivity index (χ3n) is 3.54. The second-order valence-corrected chi connectivity index (χ2v) is 5.53. The van der Waals surface area contributed by atoms with E-state index in [1.54, 1.807) is 14.2 Å². The highest BCUT2D eigenvalue weighted by Crippen LogP contribution is 2.03. The molecule has 1 unspecified atom stereocenters. The quantitative estimate of drug-likeness (QED) is 0.470. The summed E-state index contributed by atoms with van der Waals surface area (Å²) in [7, 11) is 3.54. The number of hydrogen-bond donors (Lipinski definition) is 1. The van der Waals surface area contributed by atoms with Gasteiger partial charge in [-0.1, -0.05) is 13.3 Å². The van der Waals surface area contributed by atoms with Crippen LogP contribution in [-0.2, 0) is 9.47 Å². The van der Waals surface area contributed by atoms with Gasteiger partial charge in [0.2, 0.25) is 0 Å². The maximum atomic E-state index is 5.18. The van der Waals surface area contributed by atoms with Gasteiger partial charge in [-0.05, 0) is 45.7 Å². The molecular weight excluding hydrogens is 252 g/mol. The molecule has 0 aromatic heterocycles. The summed E-state index contributed by atoms with van der Waals surface area (Å²) in [6.07, 6.45) is 6.17. The number of nitrogens with one attached hydrogen (secondary N) is 1. The first-order valence-electron chi connectivity index (χ1n) is 8.18. The molecule has 0 aromatic carbocycles. The van der Waals surface area contributed by atoms with E-state index in [2.05, 4.69) is 24.1 Å². The van der Waals surface area contributed by atoms with E-state index in [0.717, 1.165) is 39.3 Å². The molecule has 0 radical (unpaired) electrons. The van der Waals surface area contributed by atoms with Gasteiger partial charge in [-0.3, -0.25) is 0 Å². The van der Waals surface area contributed by atoms with E-state index in [0.29, 0.717) is 6.04 Å². The predicted molar refractivity (Wildman–Crippen MR) is 86.4 cm³/mol. The number of nitrogens with zero attached hydrogens (tertiary/aromatic N) is 1. The Morgan fingerprint density at radius 3 is 2.30 bits per heavy atom. The second kappa shape index (κ2) is 15.2. The number of rotatable bonds is 15. The Hall–Kier alpha value is -0.160. The summed E-state index contributed by atoms with van der Waals surface area (Å²) in [4.78, 5) is 2.49. The molecule has 0 fully saturated rings. The van der Waals surface area contributed by atoms with Crippen molar-refractivity contribution in [3.8, 4) is 0 Å². The Morgan fingerprint density at radius 1 is 0.950 bits per heavy atom. The highest BCUT2D eigenvalue weighted by molar-refractivity contribution is 4.63. The van der Waals surface area contributed by atoms with Crippen LogP contribution in [0.25, 0.3) is 0 Å². The van der Waals surface area contributed by atoms with Crippen LogP contribution in [0.1, 0.15) is 46.0 Å². The normalized spacial score (nSPS) is 13.1. The van der Waals surface area contributed by atoms with Crippen LogP contribution in [0.4, 0.5) is 0 Å². The third kappa shape index (κ3) is 12.9. The summed E-state index contributed by atoms with van der Waals surface area (Å²) in [5, 5.41) is 3.55. The van der Waals surface area contributed by atoms with E-state index in [1.807, 2.05) is 0 Å². The van der Waals surface area contributed by atoms with E-state index in [1.165, 1.54) is 32.2 Å². The smallest absolute Gasteiger partial charge is 0.0589 e. The second-order valence-electron chi connectivity index (χ2n) is 5.53. The van der Waals surface area contributed by atoms with Crippen molar-refractivity contribution in [3.05, 3.63) is 0 Å². The Balaban J connectivity index is 3.65. The van der Waals surface area contributed by atoms with E-state index in [9.17, 15) is 0 Å². The van der Waals surface area contributed by atoms with Crippen molar-refractivity contribution in [2.45, 2.75) is 52.0 Å². The van der Waals surface area contributed by atoms with Crippen molar-refractivity contribution in [2.24, 2.45) is 0 Å². The highest BCUT2D eigenvalue weighted by Gasteiger charge is 2.05. The van der Waals surface area contributed by atoms with Crippen molar-refractivity contribution in [1.82, 2.24) is 10.2 Å². The van der Waals surface area contributed by atoms with E-state index in [-0.39, 0.29) is 0 Å². The molecule has 0 heterocycles. The van der Waals surface area contributed by atoms with Gasteiger partial charge in [0, 0.05) is 40.0 Å². The maximum Gasteiger partial charge on any atom is 0.0589 e. The maximum absolute atomic E-state index is 5.18. The molecular formula is C16H36N2O2. The molecule has 4 heteroatoms. The Labute approximate surface area is 126 Å². The minimum Gasteiger partial charge on any atom is -0.385 e. The fraction of sp³-hybridized carbons (Fsp3) is 1.00. The van der Waals surface area contributed by atoms with Crippen LogP contribution >= 0.6 is 0 Å². The first-order chi connectivity index (χ1) is 9.74. The monoisotopic (exact) mass is 288 g/mol. The minimum atomic E-state index is 0.649. The first-order valence-corrected chi connectivity index (χ1v) is 8.18. The van der Waals surface area contributed by atoms with Crippen molar-refractivity contribution in [2.75, 3.05) is 53.6 Å². The lowest BCUT2D eigenvalue weighted by Crippen LogP contribution is -2.31. The molecule has 0 bridgehead atoms. The summed E-state index contributed by atoms with van der Waals surface area (Å²) in [5.74, 6) is 0. The molecule has 0 rings (SSSR count). The Bertz CT molecular complexity index is 191. The van der Waals surface area contributed by atoms with Crippen molar-refractivity contribution in [1.29, 1.82) is 0 Å². The zero-order valence-electron chi connectivity index (χ0n) is 14.1. The van der Waals surface area contributed by atoms with Crippen LogP contribution in [0.5, 0.6) is 0 Å². The summed E-state index contributed by atoms with van der Waals surface area (Å²) in [6.45, 7) is 10.6. The van der Waals surface area contributed by atoms with Crippen LogP contribution in [0, 0.1) is 0 Å². The SMILES string of the molecule is CCCNC(C)CCCCN(CCCOC)CCOC. The average molecular weight is 288 g/mol. The van der Waals surface area contributed by atoms with Gasteiger partial charge in [-0.15, -0.1) is 0 Å². The molecule has 1 N–H and O–H groups in total. The molecule has 0 aromatic rings. The molecule has 0 aliphatic carbocycles. The molecule has 0 saturated carbocycles. The van der Waals surface area contributed by atoms with Crippen LogP contribution < -0.4 is 5.32 Å². The van der Waals surface area contributed by atoms with E-state index in [4.69, 9.17) is 9.47 Å². The summed E-state index contributed by atoms with van der Waals surface area (Å²) in [5.41, 5.74) is 0. The Kier molecular flexibility index (Phi) is 15.1. The predicted octanol–water partition coefficient (Wildman–Crippen LogP) is 2.53. The van der Waals surface area contributed by atoms with E-state index < -0.39 is 0 Å². The molecule has 4 nitrogen and oxygen atoms in total. The zero-order valence-corrected chi connectivity index (χ0v) is 14.1. The van der Waals surface area contributed by atoms with Crippen LogP contribution in [0.2, 0.25) is 0 Å². The fourth-order valence-electron chi connectivity index (χ4n) is 2.27. The van der Waals surface area contributed by atoms with Crippen molar-refractivity contribution in [3.63, 3.8) is 0 Å². The van der Waals surface area contributed by atoms with E-state index >= 15 is 0 Å². The number of unbranched alkanes of at least 4 members (excludes halogenated alkanes) is 1. The molecule has 0 aliphatic heterocycles. The molecule has 20 heavy (non-hydrogen) atoms. The topological polar surface area (TPSA) is 33.7 Å². The lowest BCUT2D eigenvalue weighted by atomic mass is 10.1. The summed E-state index contributed by atoms with van der Waals surface area (Å²) < 4.78 is 10.3. The van der Waals surface area contributed by atoms with Gasteiger partial charge in [0.05, 0.1) is 6.61 Å². The lowest BCUT2D eigenvalue weighted by molar-refractivity contribution is 0.131. The molecule has 0 amide bonds. The van der Waals surface area contributed by atoms with Gasteiger partial charge < -0.3 is 19.7 Å². The molecule has 122 valence electrons. The van der Waals surface area contributed by atoms with Gasteiger partial charge >= 0.3 is 0 Å². The number of methoxy groups -OCH3 is 2. The lowest BCUT2D eigenvalue weighted by Gasteiger charge is -2.22. The van der Waals surface area contributed by atoms with Gasteiger partial charge in [-0.25, -0.2) is 0 Å². The first kappa shape index (κ1) is 19.8. The minimum absolute atomic E-state index is 0.649. The standard InChI is InChI=1S/C16H36N2O2/c1-5-10-17-16(2)9-6-7-11-18(13-15-20-4)12-8-14-19-3/h16-17H,5-15H2,1-4H3. The summed E-state index contributed by atoms with van der Waals surface area (Å²) >= 11 is 0. The van der Waals surface area contributed by atoms with Crippen molar-refractivity contribution >= 4 is 0 Å². The zero-order chi connectivity index (χ0) is 15.1. The van der Waals surface area contributed by atoms with Crippen LogP contribution in [0.3, 0.4) is 0 Å². The van der Waals surface area contributed by atoms with Gasteiger partial charge in [-0.2, -0.15) is 0 Å². The average Bonchev–Trinajstić information content (AvgIpc) is 2.46. The summed E-state index contributed by atoms with van der Waals surface area (Å²) in [6, 6.07) is 0.649. The van der Waals surface area contributed by atoms with Crippen LogP contribution in [0.15, 0.2) is 0 Å². The van der Waals surface area contributed by atoms with Gasteiger partial charge in [0.15, 0.2) is 0 Å². The number of hydrogen-bond acceptors (Lipinski definition) is 4. The largest absolute Gasteiger partial charge is 0.385 e. The molecule has 0 saturated heterocycles. The van der Waals surface area contributed by atoms with Gasteiger partial charge in [0.25, 0.3) is 0 Å². The molecule has 1 atom stereocenters. The third-order valence-corrected chi connectivity index (χ3v) is 3.54. The fourth-order valence-corrected chi connectivity index (χ4v) is 2.27. The van der Waals surface area contributed by atoms with Gasteiger partial charge in [0.1, 0.15) is 0 Å². The molecule has 0 spiro atoms. The Morgan fingerprint density at radius 2 is 1.65 bits per heavy atom.